The Labute approximate surface area is 179 Å². The van der Waals surface area contributed by atoms with E-state index >= 15 is 0 Å². The molecule has 0 N–H and O–H groups in total. The smallest absolute Gasteiger partial charge is 0.332 e. The molecule has 0 atom stereocenters. The van der Waals surface area contributed by atoms with E-state index in [1.54, 1.807) is 27.3 Å². The molecule has 4 rings (SSSR count). The highest BCUT2D eigenvalue weighted by Gasteiger charge is 2.24. The van der Waals surface area contributed by atoms with Crippen molar-refractivity contribution >= 4 is 16.9 Å². The number of nitrogens with zero attached hydrogens (tertiary/aromatic N) is 5. The molecule has 0 fully saturated rings. The van der Waals surface area contributed by atoms with Crippen molar-refractivity contribution in [2.45, 2.75) is 34.2 Å². The number of hydrogen-bond acceptors (Lipinski definition) is 5. The molecule has 0 saturated heterocycles. The van der Waals surface area contributed by atoms with Gasteiger partial charge in [-0.05, 0) is 31.9 Å². The van der Waals surface area contributed by atoms with Crippen LogP contribution in [0.3, 0.4) is 0 Å². The third-order valence-corrected chi connectivity index (χ3v) is 5.69. The van der Waals surface area contributed by atoms with Gasteiger partial charge in [-0.2, -0.15) is 4.98 Å². The highest BCUT2D eigenvalue weighted by Crippen LogP contribution is 2.32. The molecule has 9 nitrogen and oxygen atoms in total. The zero-order valence-corrected chi connectivity index (χ0v) is 18.9. The molecule has 3 heterocycles. The third-order valence-electron chi connectivity index (χ3n) is 5.69. The second-order valence-corrected chi connectivity index (χ2v) is 8.11. The van der Waals surface area contributed by atoms with Gasteiger partial charge in [0, 0.05) is 31.0 Å². The highest BCUT2D eigenvalue weighted by molar-refractivity contribution is 5.77. The van der Waals surface area contributed by atoms with Crippen LogP contribution in [-0.4, -0.2) is 37.3 Å². The van der Waals surface area contributed by atoms with Gasteiger partial charge in [0.2, 0.25) is 5.78 Å². The van der Waals surface area contributed by atoms with Crippen molar-refractivity contribution in [2.24, 2.45) is 13.0 Å². The molecule has 0 aliphatic rings. The number of imidazole rings is 2. The summed E-state index contributed by atoms with van der Waals surface area (Å²) in [6.45, 7) is 8.20. The summed E-state index contributed by atoms with van der Waals surface area (Å²) in [5.74, 6) is 1.98. The minimum absolute atomic E-state index is 0.155. The number of benzene rings is 1. The third kappa shape index (κ3) is 2.95. The quantitative estimate of drug-likeness (QED) is 0.490. The zero-order valence-electron chi connectivity index (χ0n) is 18.9. The molecule has 164 valence electrons. The molecule has 0 unspecified atom stereocenters. The summed E-state index contributed by atoms with van der Waals surface area (Å²) in [5.41, 5.74) is 2.59. The van der Waals surface area contributed by atoms with Crippen LogP contribution in [0.15, 0.2) is 27.8 Å². The summed E-state index contributed by atoms with van der Waals surface area (Å²) in [7, 11) is 4.84. The molecule has 0 saturated carbocycles. The van der Waals surface area contributed by atoms with Crippen LogP contribution in [0.2, 0.25) is 0 Å². The molecular weight excluding hydrogens is 398 g/mol. The van der Waals surface area contributed by atoms with Gasteiger partial charge in [-0.1, -0.05) is 13.8 Å². The standard InChI is InChI=1S/C22H27N5O4/c1-12(2)11-25-20(28)18-19(24(5)22(25)29)23-21-26(13(3)14(4)27(18)21)16-9-8-15(30-6)10-17(16)31-7/h8-10,12H,11H2,1-7H3. The maximum Gasteiger partial charge on any atom is 0.332 e. The summed E-state index contributed by atoms with van der Waals surface area (Å²) in [5, 5.41) is 0. The number of methoxy groups -OCH3 is 2. The van der Waals surface area contributed by atoms with Crippen molar-refractivity contribution in [3.05, 3.63) is 50.4 Å². The fourth-order valence-electron chi connectivity index (χ4n) is 4.03. The Kier molecular flexibility index (Phi) is 4.91. The van der Waals surface area contributed by atoms with Gasteiger partial charge in [-0.3, -0.25) is 22.9 Å². The van der Waals surface area contributed by atoms with Gasteiger partial charge in [0.05, 0.1) is 19.9 Å². The van der Waals surface area contributed by atoms with Gasteiger partial charge in [0.1, 0.15) is 11.5 Å². The van der Waals surface area contributed by atoms with E-state index < -0.39 is 0 Å². The maximum absolute atomic E-state index is 13.4. The minimum atomic E-state index is -0.366. The van der Waals surface area contributed by atoms with E-state index in [1.807, 2.05) is 48.8 Å². The number of aryl methyl sites for hydroxylation is 2. The lowest BCUT2D eigenvalue weighted by atomic mass is 10.2. The minimum Gasteiger partial charge on any atom is -0.497 e. The fourth-order valence-corrected chi connectivity index (χ4v) is 4.03. The Bertz CT molecular complexity index is 1430. The maximum atomic E-state index is 13.4. The first-order valence-electron chi connectivity index (χ1n) is 10.1. The molecule has 0 aliphatic carbocycles. The SMILES string of the molecule is COc1ccc(-n2c(C)c(C)n3c4c(=O)n(CC(C)C)c(=O)n(C)c4nc23)c(OC)c1. The molecule has 0 amide bonds. The largest absolute Gasteiger partial charge is 0.497 e. The first-order valence-corrected chi connectivity index (χ1v) is 10.1. The van der Waals surface area contributed by atoms with E-state index in [9.17, 15) is 9.59 Å². The Morgan fingerprint density at radius 3 is 2.39 bits per heavy atom. The van der Waals surface area contributed by atoms with Crippen LogP contribution in [0.25, 0.3) is 22.6 Å². The molecule has 9 heteroatoms. The monoisotopic (exact) mass is 425 g/mol. The van der Waals surface area contributed by atoms with E-state index in [2.05, 4.69) is 0 Å². The Balaban J connectivity index is 2.15. The number of ether oxygens (including phenoxy) is 2. The molecule has 0 bridgehead atoms. The van der Waals surface area contributed by atoms with Gasteiger partial charge < -0.3 is 9.47 Å². The van der Waals surface area contributed by atoms with E-state index in [0.717, 1.165) is 17.1 Å². The lowest BCUT2D eigenvalue weighted by Crippen LogP contribution is -2.40. The number of rotatable bonds is 5. The first-order chi connectivity index (χ1) is 14.7. The summed E-state index contributed by atoms with van der Waals surface area (Å²) in [4.78, 5) is 30.9. The molecule has 1 aromatic carbocycles. The molecule has 0 spiro atoms. The number of fused-ring (bicyclic) bond motifs is 3. The van der Waals surface area contributed by atoms with Crippen LogP contribution in [-0.2, 0) is 13.6 Å². The van der Waals surface area contributed by atoms with Crippen molar-refractivity contribution < 1.29 is 9.47 Å². The molecular formula is C22H27N5O4. The van der Waals surface area contributed by atoms with Gasteiger partial charge in [0.15, 0.2) is 11.2 Å². The summed E-state index contributed by atoms with van der Waals surface area (Å²) < 4.78 is 17.4. The van der Waals surface area contributed by atoms with Gasteiger partial charge in [-0.25, -0.2) is 4.79 Å². The van der Waals surface area contributed by atoms with Crippen LogP contribution in [0.1, 0.15) is 25.2 Å². The van der Waals surface area contributed by atoms with Crippen molar-refractivity contribution in [3.8, 4) is 17.2 Å². The summed E-state index contributed by atoms with van der Waals surface area (Å²) >= 11 is 0. The number of aromatic nitrogens is 5. The van der Waals surface area contributed by atoms with Crippen molar-refractivity contribution in [3.63, 3.8) is 0 Å². The first kappa shape index (κ1) is 20.8. The Morgan fingerprint density at radius 1 is 1.06 bits per heavy atom. The van der Waals surface area contributed by atoms with E-state index in [4.69, 9.17) is 14.5 Å². The second kappa shape index (κ2) is 7.33. The second-order valence-electron chi connectivity index (χ2n) is 8.11. The van der Waals surface area contributed by atoms with Crippen LogP contribution >= 0.6 is 0 Å². The summed E-state index contributed by atoms with van der Waals surface area (Å²) in [6.07, 6.45) is 0. The Morgan fingerprint density at radius 2 is 1.77 bits per heavy atom. The van der Waals surface area contributed by atoms with Crippen molar-refractivity contribution in [2.75, 3.05) is 14.2 Å². The van der Waals surface area contributed by atoms with E-state index in [1.165, 1.54) is 9.13 Å². The number of hydrogen-bond donors (Lipinski definition) is 0. The van der Waals surface area contributed by atoms with Crippen LogP contribution < -0.4 is 20.7 Å². The molecule has 4 aromatic rings. The van der Waals surface area contributed by atoms with E-state index in [0.29, 0.717) is 35.0 Å². The van der Waals surface area contributed by atoms with Crippen molar-refractivity contribution in [1.82, 2.24) is 23.1 Å². The van der Waals surface area contributed by atoms with Crippen LogP contribution in [0, 0.1) is 19.8 Å². The highest BCUT2D eigenvalue weighted by atomic mass is 16.5. The predicted octanol–water partition coefficient (Wildman–Crippen LogP) is 2.43. The van der Waals surface area contributed by atoms with E-state index in [-0.39, 0.29) is 17.2 Å². The van der Waals surface area contributed by atoms with Gasteiger partial charge in [-0.15, -0.1) is 0 Å². The van der Waals surface area contributed by atoms with Crippen molar-refractivity contribution in [1.29, 1.82) is 0 Å². The zero-order chi connectivity index (χ0) is 22.6. The molecule has 0 radical (unpaired) electrons. The van der Waals surface area contributed by atoms with Gasteiger partial charge in [0.25, 0.3) is 5.56 Å². The lowest BCUT2D eigenvalue weighted by Gasteiger charge is -2.13. The topological polar surface area (TPSA) is 84.7 Å². The lowest BCUT2D eigenvalue weighted by molar-refractivity contribution is 0.393. The van der Waals surface area contributed by atoms with Crippen LogP contribution in [0.4, 0.5) is 0 Å². The van der Waals surface area contributed by atoms with Crippen LogP contribution in [0.5, 0.6) is 11.5 Å². The molecule has 0 aliphatic heterocycles. The Hall–Kier alpha value is -3.49. The summed E-state index contributed by atoms with van der Waals surface area (Å²) in [6, 6.07) is 5.53. The fraction of sp³-hybridized carbons (Fsp3) is 0.409. The molecule has 31 heavy (non-hydrogen) atoms. The predicted molar refractivity (Wildman–Crippen MR) is 119 cm³/mol. The average molecular weight is 425 g/mol. The normalized spacial score (nSPS) is 11.7. The van der Waals surface area contributed by atoms with Gasteiger partial charge >= 0.3 is 5.69 Å². The average Bonchev–Trinajstić information content (AvgIpc) is 3.24. The molecule has 3 aromatic heterocycles.